The van der Waals surface area contributed by atoms with Gasteiger partial charge in [-0.15, -0.1) is 12.4 Å². The monoisotopic (exact) mass is 1030 g/mol. The predicted molar refractivity (Wildman–Crippen MR) is 287 cm³/mol. The molecule has 6 aromatic carbocycles. The van der Waals surface area contributed by atoms with E-state index in [1.165, 1.54) is 14.2 Å². The second kappa shape index (κ2) is 29.6. The molecule has 0 saturated carbocycles. The lowest BCUT2D eigenvalue weighted by Crippen LogP contribution is -2.52. The number of hydrogen-bond acceptors (Lipinski definition) is 11. The van der Waals surface area contributed by atoms with Crippen LogP contribution in [0.25, 0.3) is 0 Å². The second-order valence-electron chi connectivity index (χ2n) is 18.3. The zero-order valence-electron chi connectivity index (χ0n) is 43.8. The van der Waals surface area contributed by atoms with Gasteiger partial charge in [0.05, 0.1) is 27.4 Å². The Labute approximate surface area is 441 Å². The summed E-state index contributed by atoms with van der Waals surface area (Å²) in [7, 11) is 6.14. The molecule has 6 aromatic rings. The molecule has 0 aromatic heterocycles. The fraction of sp³-hybridized carbons (Fsp3) is 0.310. The molecule has 74 heavy (non-hydrogen) atoms. The number of amides is 3. The fourth-order valence-electron chi connectivity index (χ4n) is 7.51. The van der Waals surface area contributed by atoms with Gasteiger partial charge in [-0.25, -0.2) is 24.9 Å². The number of hydroxylamine groups is 3. The van der Waals surface area contributed by atoms with Crippen LogP contribution in [-0.4, -0.2) is 99.0 Å². The SMILES string of the molecule is CC(C)(C)OC(=O)NC(COC(c1ccccc1)(c1ccccc1)c1ccccc1)C(=O)O.CNOC.CON(C)C(=O)C(COC(c1ccccc1)(c1ccccc1)c1ccccc1)NC(=O)OC(C)(C)C.Cl. The zero-order chi connectivity index (χ0) is 53.5. The Hall–Kier alpha value is -7.11. The summed E-state index contributed by atoms with van der Waals surface area (Å²) in [5, 5.41) is 15.9. The van der Waals surface area contributed by atoms with E-state index in [0.717, 1.165) is 38.4 Å². The normalized spacial score (nSPS) is 12.1. The van der Waals surface area contributed by atoms with Crippen molar-refractivity contribution in [3.05, 3.63) is 215 Å². The molecule has 15 nitrogen and oxygen atoms in total. The first-order valence-electron chi connectivity index (χ1n) is 23.7. The van der Waals surface area contributed by atoms with Gasteiger partial charge in [0.15, 0.2) is 6.04 Å². The van der Waals surface area contributed by atoms with Crippen LogP contribution < -0.4 is 16.1 Å². The van der Waals surface area contributed by atoms with Gasteiger partial charge in [0.25, 0.3) is 5.91 Å². The highest BCUT2D eigenvalue weighted by Crippen LogP contribution is 2.42. The molecule has 0 spiro atoms. The average Bonchev–Trinajstić information content (AvgIpc) is 3.39. The van der Waals surface area contributed by atoms with Crippen LogP contribution in [-0.2, 0) is 49.4 Å². The summed E-state index contributed by atoms with van der Waals surface area (Å²) in [4.78, 5) is 59.4. The number of carboxylic acids is 1. The van der Waals surface area contributed by atoms with Gasteiger partial charge >= 0.3 is 18.2 Å². The van der Waals surface area contributed by atoms with Crippen molar-refractivity contribution in [2.75, 3.05) is 41.5 Å². The van der Waals surface area contributed by atoms with E-state index < -0.39 is 58.6 Å². The van der Waals surface area contributed by atoms with E-state index in [9.17, 15) is 24.3 Å². The number of nitrogens with one attached hydrogen (secondary N) is 3. The lowest BCUT2D eigenvalue weighted by atomic mass is 9.80. The van der Waals surface area contributed by atoms with Crippen molar-refractivity contribution in [1.29, 1.82) is 0 Å². The van der Waals surface area contributed by atoms with Crippen LogP contribution in [0, 0.1) is 0 Å². The lowest BCUT2D eigenvalue weighted by molar-refractivity contribution is -0.173. The molecule has 0 saturated heterocycles. The minimum Gasteiger partial charge on any atom is -0.480 e. The summed E-state index contributed by atoms with van der Waals surface area (Å²) in [6, 6.07) is 55.9. The van der Waals surface area contributed by atoms with Crippen molar-refractivity contribution in [2.24, 2.45) is 0 Å². The number of rotatable bonds is 18. The molecule has 6 rings (SSSR count). The highest BCUT2D eigenvalue weighted by molar-refractivity contribution is 5.85. The molecule has 0 radical (unpaired) electrons. The van der Waals surface area contributed by atoms with E-state index in [1.807, 2.05) is 182 Å². The Morgan fingerprint density at radius 1 is 0.486 bits per heavy atom. The number of aliphatic carboxylic acids is 1. The van der Waals surface area contributed by atoms with Gasteiger partial charge in [0.2, 0.25) is 0 Å². The molecule has 0 fully saturated rings. The number of carbonyl (C=O) groups excluding carboxylic acids is 3. The van der Waals surface area contributed by atoms with E-state index in [-0.39, 0.29) is 25.6 Å². The summed E-state index contributed by atoms with van der Waals surface area (Å²) in [6.45, 7) is 9.97. The molecule has 3 amide bonds. The Bertz CT molecular complexity index is 2370. The Morgan fingerprint density at radius 2 is 0.730 bits per heavy atom. The minimum absolute atomic E-state index is 0. The third kappa shape index (κ3) is 17.8. The van der Waals surface area contributed by atoms with Crippen molar-refractivity contribution in [3.8, 4) is 0 Å². The molecule has 2 atom stereocenters. The average molecular weight is 1040 g/mol. The van der Waals surface area contributed by atoms with Crippen LogP contribution in [0.2, 0.25) is 0 Å². The quantitative estimate of drug-likeness (QED) is 0.0473. The number of hydrogen-bond donors (Lipinski definition) is 4. The van der Waals surface area contributed by atoms with Gasteiger partial charge in [0, 0.05) is 14.1 Å². The standard InChI is InChI=1S/C29H34N2O5.C27H29NO5.C2H7NO.ClH/c1-28(2,3)36-27(33)30-25(26(32)31(4)34-5)21-35-29(22-15-9-6-10-16-22,23-17-11-7-12-18-23)24-19-13-8-14-20-24;1-26(2,3)33-25(31)28-23(24(29)30)19-32-27(20-13-7-4-8-14-20,21-15-9-5-10-16-21)22-17-11-6-12-18-22;1-3-4-2;/h6-20,25H,21H2,1-5H3,(H,30,33);4-18,23H,19H2,1-3H3,(H,28,31)(H,29,30);3H,1-2H3;1H. The smallest absolute Gasteiger partial charge is 0.408 e. The van der Waals surface area contributed by atoms with E-state index in [1.54, 1.807) is 55.7 Å². The number of ether oxygens (including phenoxy) is 4. The van der Waals surface area contributed by atoms with Crippen LogP contribution >= 0.6 is 12.4 Å². The number of likely N-dealkylation sites (N-methyl/N-ethyl adjacent to an activating group) is 1. The molecular formula is C58H71ClN4O11. The van der Waals surface area contributed by atoms with E-state index in [2.05, 4.69) is 21.0 Å². The number of halogens is 1. The highest BCUT2D eigenvalue weighted by Gasteiger charge is 2.41. The maximum absolute atomic E-state index is 13.2. The molecule has 0 aliphatic rings. The van der Waals surface area contributed by atoms with Crippen molar-refractivity contribution < 1.29 is 52.9 Å². The van der Waals surface area contributed by atoms with Crippen LogP contribution in [0.3, 0.4) is 0 Å². The van der Waals surface area contributed by atoms with Gasteiger partial charge in [-0.05, 0) is 74.9 Å². The first-order chi connectivity index (χ1) is 34.8. The predicted octanol–water partition coefficient (Wildman–Crippen LogP) is 10.1. The summed E-state index contributed by atoms with van der Waals surface area (Å²) in [6.07, 6.45) is -1.54. The van der Waals surface area contributed by atoms with Gasteiger partial charge in [-0.1, -0.05) is 182 Å². The Kier molecular flexibility index (Phi) is 24.4. The molecule has 0 heterocycles. The second-order valence-corrected chi connectivity index (χ2v) is 18.3. The van der Waals surface area contributed by atoms with Crippen LogP contribution in [0.15, 0.2) is 182 Å². The van der Waals surface area contributed by atoms with Crippen molar-refractivity contribution in [3.63, 3.8) is 0 Å². The molecule has 396 valence electrons. The molecule has 4 N–H and O–H groups in total. The molecule has 2 unspecified atom stereocenters. The Morgan fingerprint density at radius 3 is 0.946 bits per heavy atom. The number of carboxylic acid groups (broad SMARTS) is 1. The first kappa shape index (κ1) is 61.2. The summed E-state index contributed by atoms with van der Waals surface area (Å²) in [5.74, 6) is -1.70. The number of benzene rings is 6. The highest BCUT2D eigenvalue weighted by atomic mass is 35.5. The largest absolute Gasteiger partial charge is 0.480 e. The molecular weight excluding hydrogens is 964 g/mol. The van der Waals surface area contributed by atoms with E-state index in [0.29, 0.717) is 0 Å². The van der Waals surface area contributed by atoms with Gasteiger partial charge in [0.1, 0.15) is 28.4 Å². The lowest BCUT2D eigenvalue weighted by Gasteiger charge is -2.37. The maximum Gasteiger partial charge on any atom is 0.408 e. The number of alkyl carbamates (subject to hydrolysis) is 2. The first-order valence-corrected chi connectivity index (χ1v) is 23.7. The number of carbonyl (C=O) groups is 4. The third-order valence-corrected chi connectivity index (χ3v) is 10.8. The van der Waals surface area contributed by atoms with Crippen molar-refractivity contribution in [2.45, 2.75) is 76.0 Å². The van der Waals surface area contributed by atoms with Crippen molar-refractivity contribution in [1.82, 2.24) is 21.2 Å². The van der Waals surface area contributed by atoms with Gasteiger partial charge < -0.3 is 39.5 Å². The van der Waals surface area contributed by atoms with Crippen molar-refractivity contribution >= 4 is 36.5 Å². The summed E-state index contributed by atoms with van der Waals surface area (Å²) in [5.41, 5.74) is 3.96. The Balaban J connectivity index is 0.000000360. The van der Waals surface area contributed by atoms with Crippen LogP contribution in [0.5, 0.6) is 0 Å². The van der Waals surface area contributed by atoms with Gasteiger partial charge in [-0.2, -0.15) is 0 Å². The molecule has 0 aliphatic heterocycles. The minimum atomic E-state index is -1.31. The topological polar surface area (TPSA) is 183 Å². The number of nitrogens with zero attached hydrogens (tertiary/aromatic N) is 1. The molecule has 16 heteroatoms. The van der Waals surface area contributed by atoms with Gasteiger partial charge in [-0.3, -0.25) is 9.63 Å². The fourth-order valence-corrected chi connectivity index (χ4v) is 7.51. The van der Waals surface area contributed by atoms with E-state index in [4.69, 9.17) is 23.8 Å². The molecule has 0 bridgehead atoms. The third-order valence-electron chi connectivity index (χ3n) is 10.8. The molecule has 0 aliphatic carbocycles. The van der Waals surface area contributed by atoms with Crippen LogP contribution in [0.1, 0.15) is 74.9 Å². The zero-order valence-corrected chi connectivity index (χ0v) is 44.6. The maximum atomic E-state index is 13.2. The van der Waals surface area contributed by atoms with E-state index >= 15 is 0 Å². The summed E-state index contributed by atoms with van der Waals surface area (Å²) >= 11 is 0. The summed E-state index contributed by atoms with van der Waals surface area (Å²) < 4.78 is 23.9. The van der Waals surface area contributed by atoms with Crippen LogP contribution in [0.4, 0.5) is 9.59 Å².